The molecule has 28 heavy (non-hydrogen) atoms. The molecule has 0 radical (unpaired) electrons. The number of likely N-dealkylation sites (tertiary alicyclic amines) is 1. The second kappa shape index (κ2) is 7.79. The van der Waals surface area contributed by atoms with Crippen molar-refractivity contribution >= 4 is 17.4 Å². The third-order valence-corrected chi connectivity index (χ3v) is 5.54. The van der Waals surface area contributed by atoms with Gasteiger partial charge in [-0.1, -0.05) is 0 Å². The molecule has 7 nitrogen and oxygen atoms in total. The molecule has 150 valence electrons. The summed E-state index contributed by atoms with van der Waals surface area (Å²) in [6, 6.07) is 4.47. The van der Waals surface area contributed by atoms with Gasteiger partial charge in [0, 0.05) is 42.3 Å². The third-order valence-electron chi connectivity index (χ3n) is 5.54. The molecule has 2 fully saturated rings. The first-order valence-corrected chi connectivity index (χ1v) is 9.75. The minimum Gasteiger partial charge on any atom is -0.378 e. The Hall–Kier alpha value is -2.61. The van der Waals surface area contributed by atoms with Gasteiger partial charge in [-0.15, -0.1) is 0 Å². The number of nitrogens with zero attached hydrogens (tertiary/aromatic N) is 3. The van der Waals surface area contributed by atoms with Crippen LogP contribution in [0.4, 0.5) is 20.6 Å². The van der Waals surface area contributed by atoms with E-state index in [0.29, 0.717) is 38.5 Å². The number of benzene rings is 1. The van der Waals surface area contributed by atoms with Crippen LogP contribution in [0.1, 0.15) is 35.8 Å². The molecule has 4 rings (SSSR count). The molecule has 0 aliphatic carbocycles. The number of nitrogens with one attached hydrogen (secondary N) is 2. The highest BCUT2D eigenvalue weighted by atomic mass is 19.1. The van der Waals surface area contributed by atoms with Crippen molar-refractivity contribution in [1.29, 1.82) is 0 Å². The van der Waals surface area contributed by atoms with E-state index in [1.165, 1.54) is 12.1 Å². The molecule has 2 saturated heterocycles. The van der Waals surface area contributed by atoms with E-state index >= 15 is 0 Å². The third kappa shape index (κ3) is 3.69. The molecule has 2 aliphatic heterocycles. The summed E-state index contributed by atoms with van der Waals surface area (Å²) in [5.41, 5.74) is 4.22. The van der Waals surface area contributed by atoms with Gasteiger partial charge in [0.2, 0.25) is 0 Å². The Bertz CT molecular complexity index is 843. The van der Waals surface area contributed by atoms with Crippen molar-refractivity contribution in [3.63, 3.8) is 0 Å². The number of aromatic amines is 1. The number of morpholine rings is 1. The second-order valence-corrected chi connectivity index (χ2v) is 7.43. The van der Waals surface area contributed by atoms with Gasteiger partial charge in [0.1, 0.15) is 5.82 Å². The normalized spacial score (nSPS) is 19.9. The first-order chi connectivity index (χ1) is 13.5. The van der Waals surface area contributed by atoms with Gasteiger partial charge < -0.3 is 19.9 Å². The van der Waals surface area contributed by atoms with E-state index in [-0.39, 0.29) is 17.9 Å². The van der Waals surface area contributed by atoms with Crippen LogP contribution >= 0.6 is 0 Å². The molecule has 8 heteroatoms. The van der Waals surface area contributed by atoms with Gasteiger partial charge in [-0.05, 0) is 44.9 Å². The highest BCUT2D eigenvalue weighted by molar-refractivity contribution is 5.90. The van der Waals surface area contributed by atoms with Crippen LogP contribution in [0.5, 0.6) is 0 Å². The van der Waals surface area contributed by atoms with Crippen molar-refractivity contribution < 1.29 is 13.9 Å². The molecule has 2 N–H and O–H groups in total. The van der Waals surface area contributed by atoms with E-state index < -0.39 is 0 Å². The summed E-state index contributed by atoms with van der Waals surface area (Å²) >= 11 is 0. The maximum absolute atomic E-state index is 14.2. The summed E-state index contributed by atoms with van der Waals surface area (Å²) in [6.45, 7) is 7.27. The minimum atomic E-state index is -0.362. The first kappa shape index (κ1) is 18.7. The number of urea groups is 1. The van der Waals surface area contributed by atoms with E-state index in [4.69, 9.17) is 4.74 Å². The predicted molar refractivity (Wildman–Crippen MR) is 105 cm³/mol. The largest absolute Gasteiger partial charge is 0.378 e. The Morgan fingerprint density at radius 2 is 2.04 bits per heavy atom. The number of amides is 2. The zero-order chi connectivity index (χ0) is 19.7. The smallest absolute Gasteiger partial charge is 0.322 e. The summed E-state index contributed by atoms with van der Waals surface area (Å²) in [4.78, 5) is 16.9. The number of carbonyl (C=O) groups excluding carboxylic acids is 1. The molecule has 0 spiro atoms. The molecule has 0 bridgehead atoms. The molecule has 2 amide bonds. The lowest BCUT2D eigenvalue weighted by atomic mass is 10.0. The van der Waals surface area contributed by atoms with E-state index in [2.05, 4.69) is 20.4 Å². The molecule has 2 aliphatic rings. The van der Waals surface area contributed by atoms with Crippen LogP contribution in [0.25, 0.3) is 0 Å². The number of hydrogen-bond acceptors (Lipinski definition) is 4. The summed E-state index contributed by atoms with van der Waals surface area (Å²) in [5.74, 6) is -0.362. The number of rotatable bonds is 3. The number of carbonyl (C=O) groups is 1. The summed E-state index contributed by atoms with van der Waals surface area (Å²) in [5, 5.41) is 10.2. The maximum atomic E-state index is 14.2. The van der Waals surface area contributed by atoms with Crippen molar-refractivity contribution in [1.82, 2.24) is 15.1 Å². The van der Waals surface area contributed by atoms with Crippen LogP contribution in [-0.4, -0.2) is 54.0 Å². The monoisotopic (exact) mass is 387 g/mol. The van der Waals surface area contributed by atoms with Crippen LogP contribution < -0.4 is 10.2 Å². The maximum Gasteiger partial charge on any atom is 0.322 e. The lowest BCUT2D eigenvalue weighted by molar-refractivity contribution is 0.122. The molecule has 3 heterocycles. The van der Waals surface area contributed by atoms with Gasteiger partial charge in [0.25, 0.3) is 0 Å². The van der Waals surface area contributed by atoms with Crippen LogP contribution in [0.15, 0.2) is 18.2 Å². The molecule has 2 aromatic rings. The van der Waals surface area contributed by atoms with Crippen molar-refractivity contribution in [2.24, 2.45) is 0 Å². The lowest BCUT2D eigenvalue weighted by Gasteiger charge is -2.29. The van der Waals surface area contributed by atoms with Crippen molar-refractivity contribution in [3.8, 4) is 0 Å². The Balaban J connectivity index is 1.52. The molecule has 1 atom stereocenters. The van der Waals surface area contributed by atoms with Gasteiger partial charge in [0.15, 0.2) is 0 Å². The van der Waals surface area contributed by atoms with E-state index in [1.807, 2.05) is 24.8 Å². The molecule has 1 aromatic heterocycles. The topological polar surface area (TPSA) is 73.5 Å². The Kier molecular flexibility index (Phi) is 5.21. The highest BCUT2D eigenvalue weighted by Crippen LogP contribution is 2.35. The van der Waals surface area contributed by atoms with Gasteiger partial charge >= 0.3 is 6.03 Å². The molecule has 1 aromatic carbocycles. The molecule has 0 saturated carbocycles. The first-order valence-electron chi connectivity index (χ1n) is 9.75. The summed E-state index contributed by atoms with van der Waals surface area (Å²) < 4.78 is 19.5. The predicted octanol–water partition coefficient (Wildman–Crippen LogP) is 3.37. The Morgan fingerprint density at radius 3 is 2.75 bits per heavy atom. The number of H-pyrrole nitrogens is 1. The van der Waals surface area contributed by atoms with E-state index in [0.717, 1.165) is 35.5 Å². The molecular formula is C20H26FN5O2. The van der Waals surface area contributed by atoms with Crippen molar-refractivity contribution in [3.05, 3.63) is 41.0 Å². The fourth-order valence-electron chi connectivity index (χ4n) is 4.21. The van der Waals surface area contributed by atoms with Gasteiger partial charge in [-0.2, -0.15) is 5.10 Å². The quantitative estimate of drug-likeness (QED) is 0.847. The number of anilines is 2. The zero-order valence-electron chi connectivity index (χ0n) is 16.3. The standard InChI is InChI=1S/C20H26FN5O2/c1-13-19(14(2)24-23-13)18-4-3-5-26(18)20(27)22-16-10-15(21)11-17(12-16)25-6-8-28-9-7-25/h10-12,18H,3-9H2,1-2H3,(H,22,27)(H,23,24). The average Bonchev–Trinajstić information content (AvgIpc) is 3.28. The fraction of sp³-hybridized carbons (Fsp3) is 0.500. The number of ether oxygens (including phenoxy) is 1. The minimum absolute atomic E-state index is 0.00831. The molecule has 1 unspecified atom stereocenters. The van der Waals surface area contributed by atoms with Crippen LogP contribution in [0.3, 0.4) is 0 Å². The number of aromatic nitrogens is 2. The van der Waals surface area contributed by atoms with Gasteiger partial charge in [-0.3, -0.25) is 5.10 Å². The number of halogens is 1. The van der Waals surface area contributed by atoms with Gasteiger partial charge in [0.05, 0.1) is 24.9 Å². The molecular weight excluding hydrogens is 361 g/mol. The van der Waals surface area contributed by atoms with E-state index in [9.17, 15) is 9.18 Å². The number of aryl methyl sites for hydroxylation is 2. The zero-order valence-corrected chi connectivity index (χ0v) is 16.3. The Morgan fingerprint density at radius 1 is 1.25 bits per heavy atom. The van der Waals surface area contributed by atoms with Crippen LogP contribution in [0, 0.1) is 19.7 Å². The van der Waals surface area contributed by atoms with Crippen LogP contribution in [-0.2, 0) is 4.74 Å². The summed E-state index contributed by atoms with van der Waals surface area (Å²) in [6.07, 6.45) is 1.83. The van der Waals surface area contributed by atoms with Gasteiger partial charge in [-0.25, -0.2) is 9.18 Å². The lowest BCUT2D eigenvalue weighted by Crippen LogP contribution is -2.36. The van der Waals surface area contributed by atoms with Crippen molar-refractivity contribution in [2.75, 3.05) is 43.1 Å². The SMILES string of the molecule is Cc1n[nH]c(C)c1C1CCCN1C(=O)Nc1cc(F)cc(N2CCOCC2)c1. The second-order valence-electron chi connectivity index (χ2n) is 7.43. The van der Waals surface area contributed by atoms with Crippen LogP contribution in [0.2, 0.25) is 0 Å². The summed E-state index contributed by atoms with van der Waals surface area (Å²) in [7, 11) is 0. The number of hydrogen-bond donors (Lipinski definition) is 2. The van der Waals surface area contributed by atoms with E-state index in [1.54, 1.807) is 0 Å². The average molecular weight is 387 g/mol. The highest BCUT2D eigenvalue weighted by Gasteiger charge is 2.33. The van der Waals surface area contributed by atoms with Crippen molar-refractivity contribution in [2.45, 2.75) is 32.7 Å². The fourth-order valence-corrected chi connectivity index (χ4v) is 4.21. The Labute approximate surface area is 163 Å².